The largest absolute Gasteiger partial charge is 0.474 e. The average molecular weight is 575 g/mol. The Hall–Kier alpha value is -4.25. The summed E-state index contributed by atoms with van der Waals surface area (Å²) in [6.45, 7) is 0. The molecular formula is C30H26N2O6S2. The first-order valence-corrected chi connectivity index (χ1v) is 15.7. The third kappa shape index (κ3) is 5.42. The third-order valence-corrected chi connectivity index (χ3v) is 8.68. The highest BCUT2D eigenvalue weighted by atomic mass is 32.2. The topological polar surface area (TPSA) is 124 Å². The molecule has 1 aliphatic rings. The number of hydrogen-bond donors (Lipinski definition) is 1. The molecule has 0 bridgehead atoms. The minimum absolute atomic E-state index is 0.139. The van der Waals surface area contributed by atoms with Gasteiger partial charge in [0.25, 0.3) is 5.91 Å². The van der Waals surface area contributed by atoms with Gasteiger partial charge < -0.3 is 4.74 Å². The first-order chi connectivity index (χ1) is 19.1. The number of rotatable bonds is 8. The number of nitrogens with two attached hydrogens (primary N) is 1. The van der Waals surface area contributed by atoms with Crippen LogP contribution in [-0.2, 0) is 29.4 Å². The van der Waals surface area contributed by atoms with Crippen LogP contribution in [-0.4, -0.2) is 29.0 Å². The number of primary sulfonamides is 1. The number of carbonyl (C=O) groups excluding carboxylic acids is 1. The minimum atomic E-state index is -3.99. The molecule has 0 aliphatic carbocycles. The van der Waals surface area contributed by atoms with E-state index < -0.39 is 37.9 Å². The van der Waals surface area contributed by atoms with Crippen LogP contribution in [0, 0.1) is 0 Å². The molecule has 4 aromatic carbocycles. The van der Waals surface area contributed by atoms with E-state index in [0.29, 0.717) is 5.56 Å². The van der Waals surface area contributed by atoms with E-state index in [9.17, 15) is 21.6 Å². The summed E-state index contributed by atoms with van der Waals surface area (Å²) < 4.78 is 56.8. The van der Waals surface area contributed by atoms with Crippen molar-refractivity contribution in [2.75, 3.05) is 11.2 Å². The molecule has 0 unspecified atom stereocenters. The third-order valence-electron chi connectivity index (χ3n) is 6.54. The summed E-state index contributed by atoms with van der Waals surface area (Å²) in [7, 11) is -7.97. The number of carbonyl (C=O) groups is 1. The molecule has 0 radical (unpaired) electrons. The summed E-state index contributed by atoms with van der Waals surface area (Å²) in [6, 6.07) is 31.5. The normalized spacial score (nSPS) is 16.0. The molecule has 0 fully saturated rings. The Morgan fingerprint density at radius 3 is 1.65 bits per heavy atom. The quantitative estimate of drug-likeness (QED) is 0.331. The number of sulfone groups is 1. The van der Waals surface area contributed by atoms with Gasteiger partial charge >= 0.3 is 0 Å². The van der Waals surface area contributed by atoms with Crippen molar-refractivity contribution >= 4 is 31.5 Å². The molecule has 0 spiro atoms. The monoisotopic (exact) mass is 574 g/mol. The highest BCUT2D eigenvalue weighted by molar-refractivity contribution is 7.94. The number of sulfonamides is 1. The van der Waals surface area contributed by atoms with E-state index in [-0.39, 0.29) is 21.2 Å². The van der Waals surface area contributed by atoms with E-state index >= 15 is 0 Å². The van der Waals surface area contributed by atoms with Gasteiger partial charge in [0, 0.05) is 11.9 Å². The van der Waals surface area contributed by atoms with E-state index in [2.05, 4.69) is 0 Å². The molecule has 0 saturated heterocycles. The molecule has 10 heteroatoms. The Morgan fingerprint density at radius 2 is 1.20 bits per heavy atom. The van der Waals surface area contributed by atoms with Gasteiger partial charge in [0.1, 0.15) is 17.1 Å². The van der Waals surface area contributed by atoms with Crippen LogP contribution in [0.5, 0.6) is 0 Å². The van der Waals surface area contributed by atoms with Crippen molar-refractivity contribution in [2.24, 2.45) is 5.14 Å². The Labute approximate surface area is 233 Å². The van der Waals surface area contributed by atoms with E-state index in [1.807, 2.05) is 60.7 Å². The van der Waals surface area contributed by atoms with Crippen LogP contribution in [0.2, 0.25) is 0 Å². The molecule has 0 aromatic heterocycles. The molecule has 8 nitrogen and oxygen atoms in total. The molecule has 40 heavy (non-hydrogen) atoms. The fourth-order valence-corrected chi connectivity index (χ4v) is 6.39. The molecule has 1 atom stereocenters. The van der Waals surface area contributed by atoms with Crippen LogP contribution < -0.4 is 10.0 Å². The lowest BCUT2D eigenvalue weighted by atomic mass is 10.0. The average Bonchev–Trinajstić information content (AvgIpc) is 3.25. The molecule has 1 heterocycles. The lowest BCUT2D eigenvalue weighted by molar-refractivity contribution is -0.118. The number of ether oxygens (including phenoxy) is 1. The summed E-state index contributed by atoms with van der Waals surface area (Å²) in [5.41, 5.74) is 2.28. The predicted octanol–water partition coefficient (Wildman–Crippen LogP) is 4.48. The fraction of sp³-hybridized carbons (Fsp3) is 0.100. The molecule has 2 N–H and O–H groups in total. The summed E-state index contributed by atoms with van der Waals surface area (Å²) in [6.07, 6.45) is 0.266. The molecule has 1 aliphatic heterocycles. The maximum Gasteiger partial charge on any atom is 0.295 e. The Morgan fingerprint density at radius 1 is 0.725 bits per heavy atom. The zero-order chi connectivity index (χ0) is 28.5. The highest BCUT2D eigenvalue weighted by Crippen LogP contribution is 2.45. The van der Waals surface area contributed by atoms with Gasteiger partial charge in [-0.15, -0.1) is 0 Å². The van der Waals surface area contributed by atoms with Crippen LogP contribution in [0.15, 0.2) is 131 Å². The van der Waals surface area contributed by atoms with Crippen molar-refractivity contribution in [1.29, 1.82) is 0 Å². The van der Waals surface area contributed by atoms with Gasteiger partial charge in [0.2, 0.25) is 15.8 Å². The van der Waals surface area contributed by atoms with E-state index in [0.717, 1.165) is 17.4 Å². The smallest absolute Gasteiger partial charge is 0.295 e. The van der Waals surface area contributed by atoms with Crippen molar-refractivity contribution in [3.63, 3.8) is 0 Å². The van der Waals surface area contributed by atoms with Gasteiger partial charge in [-0.3, -0.25) is 9.69 Å². The van der Waals surface area contributed by atoms with Gasteiger partial charge in [0.05, 0.1) is 4.90 Å². The highest BCUT2D eigenvalue weighted by Gasteiger charge is 2.47. The van der Waals surface area contributed by atoms with Gasteiger partial charge in [-0.1, -0.05) is 91.0 Å². The van der Waals surface area contributed by atoms with Crippen LogP contribution in [0.1, 0.15) is 28.8 Å². The molecule has 0 saturated carbocycles. The second-order valence-corrected chi connectivity index (χ2v) is 12.9. The van der Waals surface area contributed by atoms with Crippen molar-refractivity contribution in [1.82, 2.24) is 0 Å². The van der Waals surface area contributed by atoms with Crippen LogP contribution >= 0.6 is 0 Å². The summed E-state index contributed by atoms with van der Waals surface area (Å²) in [4.78, 5) is 15.1. The molecule has 5 rings (SSSR count). The number of amides is 1. The standard InChI is InChI=1S/C30H26N2O6S2/c1-39(34,35)29-26(21-11-5-2-6-12-21)32(24-17-19-25(20-18-24)40(31,36)37)30(33)28(29)38-27(22-13-7-3-8-14-22)23-15-9-4-10-16-23/h2-20,26-27H,1H3,(H2,31,36,37)/t26-/m1/s1. The predicted molar refractivity (Wildman–Crippen MR) is 152 cm³/mol. The van der Waals surface area contributed by atoms with Gasteiger partial charge in [-0.25, -0.2) is 22.0 Å². The van der Waals surface area contributed by atoms with E-state index in [4.69, 9.17) is 9.88 Å². The zero-order valence-corrected chi connectivity index (χ0v) is 23.0. The van der Waals surface area contributed by atoms with Crippen molar-refractivity contribution < 1.29 is 26.4 Å². The lowest BCUT2D eigenvalue weighted by Crippen LogP contribution is -2.31. The van der Waals surface area contributed by atoms with Gasteiger partial charge in [0.15, 0.2) is 9.84 Å². The molecular weight excluding hydrogens is 548 g/mol. The van der Waals surface area contributed by atoms with Crippen LogP contribution in [0.4, 0.5) is 5.69 Å². The number of hydrogen-bond acceptors (Lipinski definition) is 6. The van der Waals surface area contributed by atoms with Crippen LogP contribution in [0.3, 0.4) is 0 Å². The van der Waals surface area contributed by atoms with Gasteiger partial charge in [-0.05, 0) is 41.0 Å². The minimum Gasteiger partial charge on any atom is -0.474 e. The van der Waals surface area contributed by atoms with Crippen molar-refractivity contribution in [3.8, 4) is 0 Å². The Kier molecular flexibility index (Phi) is 7.33. The SMILES string of the molecule is CS(=O)(=O)C1=C(OC(c2ccccc2)c2ccccc2)C(=O)N(c2ccc(S(N)(=O)=O)cc2)[C@@H]1c1ccccc1. The first-order valence-electron chi connectivity index (χ1n) is 12.3. The maximum absolute atomic E-state index is 14.2. The number of benzene rings is 4. The fourth-order valence-electron chi connectivity index (χ4n) is 4.75. The molecule has 4 aromatic rings. The number of anilines is 1. The summed E-state index contributed by atoms with van der Waals surface area (Å²) in [5, 5.41) is 5.26. The Bertz CT molecular complexity index is 1730. The second-order valence-electron chi connectivity index (χ2n) is 9.31. The van der Waals surface area contributed by atoms with Gasteiger partial charge in [-0.2, -0.15) is 0 Å². The van der Waals surface area contributed by atoms with Crippen LogP contribution in [0.25, 0.3) is 0 Å². The second kappa shape index (κ2) is 10.7. The molecule has 1 amide bonds. The van der Waals surface area contributed by atoms with Crippen molar-refractivity contribution in [2.45, 2.75) is 17.0 Å². The maximum atomic E-state index is 14.2. The number of nitrogens with zero attached hydrogens (tertiary/aromatic N) is 1. The van der Waals surface area contributed by atoms with E-state index in [1.165, 1.54) is 29.2 Å². The molecule has 204 valence electrons. The zero-order valence-electron chi connectivity index (χ0n) is 21.4. The Balaban J connectivity index is 1.70. The first kappa shape index (κ1) is 27.3. The van der Waals surface area contributed by atoms with E-state index in [1.54, 1.807) is 30.3 Å². The van der Waals surface area contributed by atoms with Crippen molar-refractivity contribution in [3.05, 3.63) is 143 Å². The lowest BCUT2D eigenvalue weighted by Gasteiger charge is -2.27. The summed E-state index contributed by atoms with van der Waals surface area (Å²) in [5.74, 6) is -0.973. The summed E-state index contributed by atoms with van der Waals surface area (Å²) >= 11 is 0.